The Labute approximate surface area is 139 Å². The van der Waals surface area contributed by atoms with Crippen LogP contribution in [0.15, 0.2) is 16.6 Å². The summed E-state index contributed by atoms with van der Waals surface area (Å²) in [6.07, 6.45) is 0. The Kier molecular flexibility index (Phi) is 6.22. The maximum atomic E-state index is 6.09. The van der Waals surface area contributed by atoms with Crippen LogP contribution in [-0.4, -0.2) is 49.8 Å². The molecule has 0 aliphatic carbocycles. The number of halogens is 1. The second-order valence-electron chi connectivity index (χ2n) is 5.14. The maximum absolute atomic E-state index is 6.09. The van der Waals surface area contributed by atoms with E-state index in [2.05, 4.69) is 27.8 Å². The SMILES string of the molecule is COc1cc(Br)c(C(CN)N2CCSCC2C)cc1OC. The van der Waals surface area contributed by atoms with E-state index in [1.54, 1.807) is 14.2 Å². The predicted molar refractivity (Wildman–Crippen MR) is 92.5 cm³/mol. The molecule has 1 aromatic rings. The summed E-state index contributed by atoms with van der Waals surface area (Å²) in [6.45, 7) is 3.92. The summed E-state index contributed by atoms with van der Waals surface area (Å²) in [4.78, 5) is 2.49. The summed E-state index contributed by atoms with van der Waals surface area (Å²) in [6, 6.07) is 4.71. The molecule has 1 heterocycles. The first-order valence-corrected chi connectivity index (χ1v) is 9.02. The van der Waals surface area contributed by atoms with Gasteiger partial charge in [-0.2, -0.15) is 11.8 Å². The van der Waals surface area contributed by atoms with Crippen LogP contribution >= 0.6 is 27.7 Å². The van der Waals surface area contributed by atoms with Crippen molar-refractivity contribution in [1.29, 1.82) is 0 Å². The highest BCUT2D eigenvalue weighted by molar-refractivity contribution is 9.10. The zero-order valence-electron chi connectivity index (χ0n) is 12.8. The van der Waals surface area contributed by atoms with Crippen molar-refractivity contribution in [3.05, 3.63) is 22.2 Å². The Morgan fingerprint density at radius 3 is 2.62 bits per heavy atom. The van der Waals surface area contributed by atoms with Crippen LogP contribution < -0.4 is 15.2 Å². The first-order valence-electron chi connectivity index (χ1n) is 7.07. The number of thioether (sulfide) groups is 1. The molecule has 2 unspecified atom stereocenters. The third-order valence-corrected chi connectivity index (χ3v) is 5.78. The highest BCUT2D eigenvalue weighted by Crippen LogP contribution is 2.38. The fraction of sp³-hybridized carbons (Fsp3) is 0.600. The molecule has 1 saturated heterocycles. The number of hydrogen-bond acceptors (Lipinski definition) is 5. The molecule has 1 aliphatic rings. The number of hydrogen-bond donors (Lipinski definition) is 1. The number of nitrogens with zero attached hydrogens (tertiary/aromatic N) is 1. The minimum absolute atomic E-state index is 0.190. The van der Waals surface area contributed by atoms with Crippen LogP contribution in [-0.2, 0) is 0 Å². The van der Waals surface area contributed by atoms with E-state index in [9.17, 15) is 0 Å². The van der Waals surface area contributed by atoms with Gasteiger partial charge in [-0.15, -0.1) is 0 Å². The summed E-state index contributed by atoms with van der Waals surface area (Å²) < 4.78 is 11.8. The van der Waals surface area contributed by atoms with E-state index in [-0.39, 0.29) is 6.04 Å². The Morgan fingerprint density at radius 1 is 1.38 bits per heavy atom. The second-order valence-corrected chi connectivity index (χ2v) is 7.15. The smallest absolute Gasteiger partial charge is 0.161 e. The van der Waals surface area contributed by atoms with Crippen LogP contribution in [0.2, 0.25) is 0 Å². The van der Waals surface area contributed by atoms with E-state index in [0.717, 1.165) is 39.6 Å². The Balaban J connectivity index is 2.37. The Bertz CT molecular complexity index is 487. The zero-order chi connectivity index (χ0) is 15.4. The normalized spacial score (nSPS) is 21.1. The Morgan fingerprint density at radius 2 is 2.05 bits per heavy atom. The van der Waals surface area contributed by atoms with Crippen LogP contribution in [0.25, 0.3) is 0 Å². The van der Waals surface area contributed by atoms with Gasteiger partial charge >= 0.3 is 0 Å². The predicted octanol–water partition coefficient (Wildman–Crippen LogP) is 2.90. The number of benzene rings is 1. The van der Waals surface area contributed by atoms with Crippen molar-refractivity contribution >= 4 is 27.7 Å². The van der Waals surface area contributed by atoms with E-state index >= 15 is 0 Å². The van der Waals surface area contributed by atoms with E-state index in [4.69, 9.17) is 15.2 Å². The lowest BCUT2D eigenvalue weighted by molar-refractivity contribution is 0.165. The minimum Gasteiger partial charge on any atom is -0.493 e. The average molecular weight is 375 g/mol. The molecule has 0 aromatic heterocycles. The molecule has 0 saturated carbocycles. The number of ether oxygens (including phenoxy) is 2. The standard InChI is InChI=1S/C15H23BrN2O2S/c1-10-9-21-5-4-18(10)13(8-17)11-6-14(19-2)15(20-3)7-12(11)16/h6-7,10,13H,4-5,8-9,17H2,1-3H3. The third-order valence-electron chi connectivity index (χ3n) is 3.90. The molecule has 2 atom stereocenters. The fourth-order valence-electron chi connectivity index (χ4n) is 2.77. The van der Waals surface area contributed by atoms with Gasteiger partial charge in [0.25, 0.3) is 0 Å². The highest BCUT2D eigenvalue weighted by Gasteiger charge is 2.28. The first-order chi connectivity index (χ1) is 10.1. The molecule has 0 bridgehead atoms. The zero-order valence-corrected chi connectivity index (χ0v) is 15.2. The molecule has 0 amide bonds. The van der Waals surface area contributed by atoms with Gasteiger partial charge in [-0.3, -0.25) is 4.90 Å². The average Bonchev–Trinajstić information content (AvgIpc) is 2.50. The van der Waals surface area contributed by atoms with Gasteiger partial charge in [-0.05, 0) is 24.6 Å². The van der Waals surface area contributed by atoms with E-state index in [1.165, 1.54) is 0 Å². The molecule has 118 valence electrons. The van der Waals surface area contributed by atoms with Crippen molar-refractivity contribution in [2.45, 2.75) is 19.0 Å². The molecule has 0 spiro atoms. The molecule has 6 heteroatoms. The summed E-state index contributed by atoms with van der Waals surface area (Å²) in [5, 5.41) is 0. The molecule has 21 heavy (non-hydrogen) atoms. The molecule has 4 nitrogen and oxygen atoms in total. The van der Waals surface area contributed by atoms with E-state index in [0.29, 0.717) is 12.6 Å². The molecule has 1 fully saturated rings. The molecule has 2 N–H and O–H groups in total. The lowest BCUT2D eigenvalue weighted by atomic mass is 10.0. The van der Waals surface area contributed by atoms with Gasteiger partial charge in [0.05, 0.1) is 14.2 Å². The van der Waals surface area contributed by atoms with Crippen LogP contribution in [0.1, 0.15) is 18.5 Å². The highest BCUT2D eigenvalue weighted by atomic mass is 79.9. The summed E-state index contributed by atoms with van der Waals surface area (Å²) in [5.74, 6) is 3.78. The van der Waals surface area contributed by atoms with Crippen molar-refractivity contribution in [2.24, 2.45) is 5.73 Å². The van der Waals surface area contributed by atoms with Crippen molar-refractivity contribution in [3.8, 4) is 11.5 Å². The summed E-state index contributed by atoms with van der Waals surface area (Å²) >= 11 is 5.67. The van der Waals surface area contributed by atoms with Gasteiger partial charge in [0, 0.05) is 41.2 Å². The van der Waals surface area contributed by atoms with Crippen LogP contribution in [0.3, 0.4) is 0 Å². The molecule has 1 aromatic carbocycles. The topological polar surface area (TPSA) is 47.7 Å². The minimum atomic E-state index is 0.190. The first kappa shape index (κ1) is 16.9. The lowest BCUT2D eigenvalue weighted by Crippen LogP contribution is -2.45. The van der Waals surface area contributed by atoms with E-state index in [1.807, 2.05) is 23.9 Å². The molecular weight excluding hydrogens is 352 g/mol. The van der Waals surface area contributed by atoms with Crippen molar-refractivity contribution in [2.75, 3.05) is 38.8 Å². The largest absolute Gasteiger partial charge is 0.493 e. The number of nitrogens with two attached hydrogens (primary N) is 1. The summed E-state index contributed by atoms with van der Waals surface area (Å²) in [5.41, 5.74) is 7.25. The van der Waals surface area contributed by atoms with Gasteiger partial charge in [-0.25, -0.2) is 0 Å². The summed E-state index contributed by atoms with van der Waals surface area (Å²) in [7, 11) is 3.31. The van der Waals surface area contributed by atoms with Crippen molar-refractivity contribution < 1.29 is 9.47 Å². The van der Waals surface area contributed by atoms with Crippen LogP contribution in [0.4, 0.5) is 0 Å². The second kappa shape index (κ2) is 7.72. The van der Waals surface area contributed by atoms with Gasteiger partial charge in [0.2, 0.25) is 0 Å². The van der Waals surface area contributed by atoms with Gasteiger partial charge in [-0.1, -0.05) is 15.9 Å². The fourth-order valence-corrected chi connectivity index (χ4v) is 4.40. The van der Waals surface area contributed by atoms with Crippen molar-refractivity contribution in [1.82, 2.24) is 4.90 Å². The molecule has 2 rings (SSSR count). The quantitative estimate of drug-likeness (QED) is 0.858. The van der Waals surface area contributed by atoms with Crippen molar-refractivity contribution in [3.63, 3.8) is 0 Å². The van der Waals surface area contributed by atoms with Gasteiger partial charge < -0.3 is 15.2 Å². The third kappa shape index (κ3) is 3.67. The molecule has 1 aliphatic heterocycles. The lowest BCUT2D eigenvalue weighted by Gasteiger charge is -2.39. The van der Waals surface area contributed by atoms with Gasteiger partial charge in [0.1, 0.15) is 0 Å². The van der Waals surface area contributed by atoms with Crippen LogP contribution in [0.5, 0.6) is 11.5 Å². The number of methoxy groups -OCH3 is 2. The molecule has 0 radical (unpaired) electrons. The van der Waals surface area contributed by atoms with E-state index < -0.39 is 0 Å². The monoisotopic (exact) mass is 374 g/mol. The van der Waals surface area contributed by atoms with Gasteiger partial charge in [0.15, 0.2) is 11.5 Å². The van der Waals surface area contributed by atoms with Crippen LogP contribution in [0, 0.1) is 0 Å². The Hall–Kier alpha value is -0.430. The maximum Gasteiger partial charge on any atom is 0.161 e. The molecular formula is C15H23BrN2O2S. The number of rotatable bonds is 5.